The molecule has 132 valence electrons. The van der Waals surface area contributed by atoms with Gasteiger partial charge in [0.2, 0.25) is 5.91 Å². The number of aromatic nitrogens is 4. The minimum absolute atomic E-state index is 0.0453. The lowest BCUT2D eigenvalue weighted by Crippen LogP contribution is -2.32. The van der Waals surface area contributed by atoms with Gasteiger partial charge in [-0.3, -0.25) is 4.79 Å². The van der Waals surface area contributed by atoms with Crippen LogP contribution in [-0.2, 0) is 20.8 Å². The molecule has 9 nitrogen and oxygen atoms in total. The number of methoxy groups -OCH3 is 2. The second kappa shape index (κ2) is 6.89. The van der Waals surface area contributed by atoms with Crippen molar-refractivity contribution >= 4 is 22.9 Å². The highest BCUT2D eigenvalue weighted by Crippen LogP contribution is 2.25. The first kappa shape index (κ1) is 16.9. The van der Waals surface area contributed by atoms with Gasteiger partial charge >= 0.3 is 0 Å². The van der Waals surface area contributed by atoms with Crippen LogP contribution in [0.5, 0.6) is 0 Å². The van der Waals surface area contributed by atoms with Gasteiger partial charge in [-0.2, -0.15) is 0 Å². The highest BCUT2D eigenvalue weighted by molar-refractivity contribution is 5.85. The van der Waals surface area contributed by atoms with Crippen LogP contribution >= 0.6 is 0 Å². The summed E-state index contributed by atoms with van der Waals surface area (Å²) in [4.78, 5) is 24.5. The number of carbonyl (C=O) groups is 1. The number of nitrogens with one attached hydrogen (secondary N) is 1. The third-order valence-electron chi connectivity index (χ3n) is 4.02. The summed E-state index contributed by atoms with van der Waals surface area (Å²) in [6, 6.07) is 0. The number of hydrogen-bond donors (Lipinski definition) is 2. The van der Waals surface area contributed by atoms with Gasteiger partial charge in [-0.1, -0.05) is 13.0 Å². The number of imidazole rings is 1. The Morgan fingerprint density at radius 2 is 2.16 bits per heavy atom. The minimum Gasteiger partial charge on any atom is -0.498 e. The number of rotatable bonds is 5. The molecule has 0 saturated carbocycles. The molecule has 3 N–H and O–H groups in total. The lowest BCUT2D eigenvalue weighted by Gasteiger charge is -2.27. The molecule has 3 rings (SSSR count). The zero-order valence-electron chi connectivity index (χ0n) is 14.3. The van der Waals surface area contributed by atoms with Crippen molar-refractivity contribution in [2.24, 2.45) is 5.92 Å². The van der Waals surface area contributed by atoms with E-state index in [0.29, 0.717) is 22.6 Å². The lowest BCUT2D eigenvalue weighted by atomic mass is 9.96. The zero-order chi connectivity index (χ0) is 18.0. The Morgan fingerprint density at radius 3 is 2.88 bits per heavy atom. The summed E-state index contributed by atoms with van der Waals surface area (Å²) in [5.41, 5.74) is 7.51. The van der Waals surface area contributed by atoms with Crippen LogP contribution in [0.3, 0.4) is 0 Å². The number of hydrogen-bond acceptors (Lipinski definition) is 7. The average molecular weight is 344 g/mol. The third-order valence-corrected chi connectivity index (χ3v) is 4.02. The topological polar surface area (TPSA) is 117 Å². The lowest BCUT2D eigenvalue weighted by molar-refractivity contribution is -0.120. The van der Waals surface area contributed by atoms with Gasteiger partial charge in [0.05, 0.1) is 13.4 Å². The van der Waals surface area contributed by atoms with Gasteiger partial charge in [-0.05, 0) is 0 Å². The van der Waals surface area contributed by atoms with E-state index >= 15 is 0 Å². The van der Waals surface area contributed by atoms with Crippen molar-refractivity contribution in [1.29, 1.82) is 0 Å². The van der Waals surface area contributed by atoms with Crippen molar-refractivity contribution in [3.05, 3.63) is 36.3 Å². The molecule has 25 heavy (non-hydrogen) atoms. The van der Waals surface area contributed by atoms with Crippen molar-refractivity contribution in [2.75, 3.05) is 20.0 Å². The summed E-state index contributed by atoms with van der Waals surface area (Å²) in [5.74, 6) is 0.797. The molecule has 1 amide bonds. The zero-order valence-corrected chi connectivity index (χ0v) is 14.3. The quantitative estimate of drug-likeness (QED) is 0.815. The van der Waals surface area contributed by atoms with Gasteiger partial charge < -0.3 is 25.1 Å². The molecule has 1 aliphatic carbocycles. The number of nitrogens with two attached hydrogens (primary N) is 1. The molecule has 0 saturated heterocycles. The summed E-state index contributed by atoms with van der Waals surface area (Å²) in [5, 5.41) is 2.86. The molecule has 2 aromatic rings. The molecule has 0 aliphatic heterocycles. The van der Waals surface area contributed by atoms with Crippen molar-refractivity contribution in [3.63, 3.8) is 0 Å². The van der Waals surface area contributed by atoms with Crippen LogP contribution in [0.2, 0.25) is 0 Å². The van der Waals surface area contributed by atoms with Crippen molar-refractivity contribution in [3.8, 4) is 0 Å². The van der Waals surface area contributed by atoms with E-state index in [0.717, 1.165) is 0 Å². The molecule has 0 spiro atoms. The maximum atomic E-state index is 12.4. The summed E-state index contributed by atoms with van der Waals surface area (Å²) >= 11 is 0. The summed E-state index contributed by atoms with van der Waals surface area (Å²) in [6.45, 7) is 2.04. The predicted octanol–water partition coefficient (Wildman–Crippen LogP) is 0.604. The molecule has 0 bridgehead atoms. The van der Waals surface area contributed by atoms with Gasteiger partial charge in [0.1, 0.15) is 30.3 Å². The predicted molar refractivity (Wildman–Crippen MR) is 91.0 cm³/mol. The fourth-order valence-corrected chi connectivity index (χ4v) is 2.91. The largest absolute Gasteiger partial charge is 0.498 e. The van der Waals surface area contributed by atoms with E-state index in [1.54, 1.807) is 24.9 Å². The van der Waals surface area contributed by atoms with E-state index in [-0.39, 0.29) is 30.3 Å². The monoisotopic (exact) mass is 344 g/mol. The van der Waals surface area contributed by atoms with Gasteiger partial charge in [0.25, 0.3) is 0 Å². The maximum Gasteiger partial charge on any atom is 0.244 e. The van der Waals surface area contributed by atoms with Crippen LogP contribution in [0.4, 0.5) is 5.82 Å². The molecule has 2 aromatic heterocycles. The number of nitrogen functional groups attached to an aromatic ring is 1. The number of carbonyl (C=O) groups excluding carboxylic acids is 1. The molecule has 1 aliphatic rings. The second-order valence-corrected chi connectivity index (χ2v) is 5.74. The number of fused-ring (bicyclic) bond motifs is 1. The number of nitrogens with zero attached hydrogens (tertiary/aromatic N) is 4. The fraction of sp³-hybridized carbons (Fsp3) is 0.375. The Balaban J connectivity index is 1.75. The van der Waals surface area contributed by atoms with E-state index in [1.165, 1.54) is 12.7 Å². The first-order valence-electron chi connectivity index (χ1n) is 7.74. The molecular formula is C16H20N6O3. The van der Waals surface area contributed by atoms with E-state index < -0.39 is 0 Å². The van der Waals surface area contributed by atoms with Crippen molar-refractivity contribution < 1.29 is 14.3 Å². The third kappa shape index (κ3) is 3.31. The standard InChI is InChI=1S/C16H20N6O3/c1-9-4-10(5-11(24-2)14(9)25-3)21-12(23)6-22-8-20-16-13(22)15(17)18-7-19-16/h4-5,7-9,14H,6H2,1-3H3,(H,21,23)(H2,17,18,19). The van der Waals surface area contributed by atoms with Crippen LogP contribution < -0.4 is 11.1 Å². The molecule has 2 atom stereocenters. The SMILES string of the molecule is COC1=CC(NC(=O)Cn2cnc3ncnc(N)c32)=CC(C)C1OC. The Morgan fingerprint density at radius 1 is 1.36 bits per heavy atom. The highest BCUT2D eigenvalue weighted by atomic mass is 16.5. The Labute approximate surface area is 144 Å². The van der Waals surface area contributed by atoms with Crippen LogP contribution in [0.25, 0.3) is 11.2 Å². The fourth-order valence-electron chi connectivity index (χ4n) is 2.91. The molecule has 2 heterocycles. The maximum absolute atomic E-state index is 12.4. The molecule has 2 unspecified atom stereocenters. The summed E-state index contributed by atoms with van der Waals surface area (Å²) in [7, 11) is 3.21. The van der Waals surface area contributed by atoms with Crippen molar-refractivity contribution in [1.82, 2.24) is 24.8 Å². The van der Waals surface area contributed by atoms with E-state index in [1.807, 2.05) is 13.0 Å². The molecule has 0 fully saturated rings. The van der Waals surface area contributed by atoms with Crippen LogP contribution in [0.15, 0.2) is 36.3 Å². The molecule has 0 aromatic carbocycles. The summed E-state index contributed by atoms with van der Waals surface area (Å²) in [6.07, 6.45) is 6.38. The minimum atomic E-state index is -0.219. The Hall–Kier alpha value is -2.94. The van der Waals surface area contributed by atoms with Crippen LogP contribution in [0, 0.1) is 5.92 Å². The van der Waals surface area contributed by atoms with E-state index in [9.17, 15) is 4.79 Å². The summed E-state index contributed by atoms with van der Waals surface area (Å²) < 4.78 is 12.4. The van der Waals surface area contributed by atoms with Gasteiger partial charge in [0.15, 0.2) is 11.5 Å². The van der Waals surface area contributed by atoms with Gasteiger partial charge in [-0.15, -0.1) is 0 Å². The molecule has 0 radical (unpaired) electrons. The number of amides is 1. The first-order valence-corrected chi connectivity index (χ1v) is 7.74. The van der Waals surface area contributed by atoms with Crippen LogP contribution in [0.1, 0.15) is 6.92 Å². The smallest absolute Gasteiger partial charge is 0.244 e. The highest BCUT2D eigenvalue weighted by Gasteiger charge is 2.25. The number of ether oxygens (including phenoxy) is 2. The second-order valence-electron chi connectivity index (χ2n) is 5.74. The first-order chi connectivity index (χ1) is 12.0. The Kier molecular flexibility index (Phi) is 4.66. The van der Waals surface area contributed by atoms with E-state index in [2.05, 4.69) is 20.3 Å². The average Bonchev–Trinajstić information content (AvgIpc) is 2.98. The van der Waals surface area contributed by atoms with Gasteiger partial charge in [0, 0.05) is 24.8 Å². The molecule has 9 heteroatoms. The normalized spacial score (nSPS) is 20.1. The van der Waals surface area contributed by atoms with E-state index in [4.69, 9.17) is 15.2 Å². The molecular weight excluding hydrogens is 324 g/mol. The number of allylic oxidation sites excluding steroid dienone is 1. The van der Waals surface area contributed by atoms with Gasteiger partial charge in [-0.25, -0.2) is 15.0 Å². The van der Waals surface area contributed by atoms with Crippen LogP contribution in [-0.4, -0.2) is 45.7 Å². The van der Waals surface area contributed by atoms with Crippen molar-refractivity contribution in [2.45, 2.75) is 19.6 Å². The Bertz CT molecular complexity index is 857. The number of anilines is 1.